The number of aliphatic hydroxyl groups excluding tert-OH is 4. The van der Waals surface area contributed by atoms with Crippen LogP contribution in [0.4, 0.5) is 0 Å². The summed E-state index contributed by atoms with van der Waals surface area (Å²) in [6.45, 7) is 13.9. The molecular formula is C24H50N4O10S. The van der Waals surface area contributed by atoms with Gasteiger partial charge in [-0.15, -0.1) is 0 Å². The third-order valence-corrected chi connectivity index (χ3v) is 5.06. The van der Waals surface area contributed by atoms with Crippen LogP contribution in [0.1, 0.15) is 26.7 Å². The monoisotopic (exact) mass is 586 g/mol. The van der Waals surface area contributed by atoms with Crippen LogP contribution in [0.15, 0.2) is 24.3 Å². The van der Waals surface area contributed by atoms with Crippen LogP contribution < -0.4 is 10.6 Å². The molecule has 0 aromatic carbocycles. The fourth-order valence-electron chi connectivity index (χ4n) is 3.16. The van der Waals surface area contributed by atoms with Gasteiger partial charge in [0.1, 0.15) is 25.3 Å². The number of nitrogens with zero attached hydrogens (tertiary/aromatic N) is 2. The van der Waals surface area contributed by atoms with E-state index in [2.05, 4.69) is 23.8 Å². The van der Waals surface area contributed by atoms with E-state index < -0.39 is 22.6 Å². The summed E-state index contributed by atoms with van der Waals surface area (Å²) in [5.74, 6) is -0.239. The molecule has 0 heterocycles. The lowest BCUT2D eigenvalue weighted by Gasteiger charge is -2.31. The lowest BCUT2D eigenvalue weighted by molar-refractivity contribution is -0.893. The minimum Gasteiger partial charge on any atom is -0.759 e. The summed E-state index contributed by atoms with van der Waals surface area (Å²) in [5.41, 5.74) is 1.02. The fourth-order valence-corrected chi connectivity index (χ4v) is 3.16. The van der Waals surface area contributed by atoms with Crippen molar-refractivity contribution in [2.24, 2.45) is 0 Å². The molecule has 0 saturated carbocycles. The lowest BCUT2D eigenvalue weighted by Crippen LogP contribution is -2.47. The SMILES string of the molecule is C=C(C)C(=O)NCCC[N+](C)(C)CC(O)CO.C=C(C)C(=O)NCCC[N+](C)(C)CC(O)CO.O=S(=O)([O-])[O-]. The van der Waals surface area contributed by atoms with Gasteiger partial charge in [-0.3, -0.25) is 18.0 Å². The molecule has 0 rings (SSSR count). The van der Waals surface area contributed by atoms with Crippen molar-refractivity contribution in [1.82, 2.24) is 10.6 Å². The van der Waals surface area contributed by atoms with E-state index in [9.17, 15) is 19.8 Å². The Kier molecular flexibility index (Phi) is 22.2. The van der Waals surface area contributed by atoms with Crippen molar-refractivity contribution in [2.75, 3.05) is 80.7 Å². The normalized spacial score (nSPS) is 13.0. The fraction of sp³-hybridized carbons (Fsp3) is 0.750. The quantitative estimate of drug-likeness (QED) is 0.0372. The molecule has 0 radical (unpaired) electrons. The molecule has 14 nitrogen and oxygen atoms in total. The molecule has 6 N–H and O–H groups in total. The van der Waals surface area contributed by atoms with Crippen LogP contribution in [0.5, 0.6) is 0 Å². The second kappa shape index (κ2) is 20.9. The molecule has 2 amide bonds. The number of carbonyl (C=O) groups is 2. The molecule has 0 bridgehead atoms. The van der Waals surface area contributed by atoms with Crippen LogP contribution in [0, 0.1) is 0 Å². The molecule has 0 aromatic heterocycles. The first-order valence-electron chi connectivity index (χ1n) is 12.3. The van der Waals surface area contributed by atoms with Gasteiger partial charge in [-0.2, -0.15) is 0 Å². The van der Waals surface area contributed by atoms with Gasteiger partial charge in [-0.05, 0) is 13.8 Å². The zero-order valence-corrected chi connectivity index (χ0v) is 25.0. The van der Waals surface area contributed by atoms with E-state index in [1.54, 1.807) is 13.8 Å². The number of carbonyl (C=O) groups excluding carboxylic acids is 2. The van der Waals surface area contributed by atoms with Crippen molar-refractivity contribution < 1.29 is 56.5 Å². The van der Waals surface area contributed by atoms with Crippen molar-refractivity contribution in [2.45, 2.75) is 38.9 Å². The van der Waals surface area contributed by atoms with Crippen LogP contribution in [0.2, 0.25) is 0 Å². The number of likely N-dealkylation sites (N-methyl/N-ethyl adjacent to an activating group) is 2. The summed E-state index contributed by atoms with van der Waals surface area (Å²) >= 11 is 0. The van der Waals surface area contributed by atoms with Gasteiger partial charge < -0.3 is 49.1 Å². The van der Waals surface area contributed by atoms with Crippen molar-refractivity contribution >= 4 is 22.2 Å². The molecule has 15 heteroatoms. The van der Waals surface area contributed by atoms with E-state index in [4.69, 9.17) is 27.7 Å². The number of rotatable bonds is 16. The van der Waals surface area contributed by atoms with Crippen molar-refractivity contribution in [3.63, 3.8) is 0 Å². The average molecular weight is 587 g/mol. The number of quaternary nitrogens is 2. The Morgan fingerprint density at radius 1 is 0.769 bits per heavy atom. The van der Waals surface area contributed by atoms with Gasteiger partial charge in [-0.1, -0.05) is 13.2 Å². The molecule has 0 saturated heterocycles. The molecule has 2 unspecified atom stereocenters. The molecule has 0 spiro atoms. The maximum atomic E-state index is 11.2. The second-order valence-corrected chi connectivity index (χ2v) is 11.4. The molecule has 2 atom stereocenters. The molecule has 232 valence electrons. The smallest absolute Gasteiger partial charge is 0.246 e. The summed E-state index contributed by atoms with van der Waals surface area (Å²) in [4.78, 5) is 22.4. The molecule has 0 aliphatic carbocycles. The largest absolute Gasteiger partial charge is 0.759 e. The van der Waals surface area contributed by atoms with Gasteiger partial charge in [0.2, 0.25) is 11.8 Å². The van der Waals surface area contributed by atoms with E-state index in [-0.39, 0.29) is 25.0 Å². The minimum atomic E-state index is -5.17. The summed E-state index contributed by atoms with van der Waals surface area (Å²) < 4.78 is 35.3. The van der Waals surface area contributed by atoms with Crippen LogP contribution in [-0.2, 0) is 20.0 Å². The van der Waals surface area contributed by atoms with E-state index in [0.717, 1.165) is 25.9 Å². The molecule has 0 aliphatic heterocycles. The maximum absolute atomic E-state index is 11.2. The van der Waals surface area contributed by atoms with Crippen molar-refractivity contribution in [3.05, 3.63) is 24.3 Å². The van der Waals surface area contributed by atoms with Crippen molar-refractivity contribution in [3.8, 4) is 0 Å². The maximum Gasteiger partial charge on any atom is 0.246 e. The highest BCUT2D eigenvalue weighted by Crippen LogP contribution is 2.02. The van der Waals surface area contributed by atoms with E-state index in [0.29, 0.717) is 46.3 Å². The molecule has 0 aromatic rings. The highest BCUT2D eigenvalue weighted by Gasteiger charge is 2.20. The van der Waals surface area contributed by atoms with Crippen LogP contribution in [-0.4, -0.2) is 152 Å². The number of aliphatic hydroxyl groups is 4. The first kappa shape index (κ1) is 41.5. The van der Waals surface area contributed by atoms with E-state index in [1.165, 1.54) is 0 Å². The Morgan fingerprint density at radius 3 is 1.23 bits per heavy atom. The highest BCUT2D eigenvalue weighted by atomic mass is 32.3. The number of hydrogen-bond donors (Lipinski definition) is 6. The zero-order valence-electron chi connectivity index (χ0n) is 24.2. The first-order chi connectivity index (χ1) is 17.6. The summed E-state index contributed by atoms with van der Waals surface area (Å²) in [6, 6.07) is 0. The number of nitrogens with one attached hydrogen (secondary N) is 2. The van der Waals surface area contributed by atoms with Gasteiger partial charge in [0.15, 0.2) is 0 Å². The average Bonchev–Trinajstić information content (AvgIpc) is 2.77. The molecule has 0 fully saturated rings. The predicted octanol–water partition coefficient (Wildman–Crippen LogP) is -2.34. The van der Waals surface area contributed by atoms with Gasteiger partial charge in [0.25, 0.3) is 0 Å². The highest BCUT2D eigenvalue weighted by molar-refractivity contribution is 7.79. The molecule has 0 aliphatic rings. The van der Waals surface area contributed by atoms with Gasteiger partial charge in [-0.25, -0.2) is 0 Å². The number of hydrogen-bond acceptors (Lipinski definition) is 10. The van der Waals surface area contributed by atoms with Gasteiger partial charge in [0.05, 0.1) is 54.5 Å². The van der Waals surface area contributed by atoms with Crippen LogP contribution in [0.3, 0.4) is 0 Å². The number of amides is 2. The predicted molar refractivity (Wildman–Crippen MR) is 145 cm³/mol. The lowest BCUT2D eigenvalue weighted by atomic mass is 10.2. The van der Waals surface area contributed by atoms with Gasteiger partial charge in [0, 0.05) is 47.5 Å². The summed E-state index contributed by atoms with van der Waals surface area (Å²) in [6.07, 6.45) is 0.277. The summed E-state index contributed by atoms with van der Waals surface area (Å²) in [7, 11) is 2.78. The van der Waals surface area contributed by atoms with Crippen LogP contribution >= 0.6 is 0 Å². The third kappa shape index (κ3) is 32.2. The first-order valence-corrected chi connectivity index (χ1v) is 13.7. The zero-order chi connectivity index (χ0) is 31.4. The van der Waals surface area contributed by atoms with E-state index >= 15 is 0 Å². The summed E-state index contributed by atoms with van der Waals surface area (Å²) in [5, 5.41) is 41.8. The van der Waals surface area contributed by atoms with Crippen molar-refractivity contribution in [1.29, 1.82) is 0 Å². The standard InChI is InChI=1S/2C12H24N2O3.H2O4S/c2*1-10(2)12(17)13-6-5-7-14(3,4)8-11(16)9-15;1-5(2,3)4/h2*11,15-16H,1,5-9H2,2-4H3;(H2,1,2,3,4). The Morgan fingerprint density at radius 2 is 1.03 bits per heavy atom. The Labute approximate surface area is 233 Å². The molecular weight excluding hydrogens is 536 g/mol. The Balaban J connectivity index is -0.000000566. The second-order valence-electron chi connectivity index (χ2n) is 10.5. The molecule has 39 heavy (non-hydrogen) atoms. The minimum absolute atomic E-state index is 0.120. The van der Waals surface area contributed by atoms with Crippen LogP contribution in [0.25, 0.3) is 0 Å². The Hall–Kier alpha value is -1.95. The van der Waals surface area contributed by atoms with E-state index in [1.807, 2.05) is 28.2 Å². The van der Waals surface area contributed by atoms with Gasteiger partial charge >= 0.3 is 0 Å². The third-order valence-electron chi connectivity index (χ3n) is 5.06. The Bertz CT molecular complexity index is 786. The topological polar surface area (TPSA) is 219 Å².